The molecule has 3 aliphatic heterocycles. The molecule has 2 N–H and O–H groups in total. The molecule has 0 spiro atoms. The summed E-state index contributed by atoms with van der Waals surface area (Å²) in [5.74, 6) is -1.53. The van der Waals surface area contributed by atoms with Gasteiger partial charge in [0.15, 0.2) is 11.5 Å². The van der Waals surface area contributed by atoms with Crippen molar-refractivity contribution in [1.82, 2.24) is 0 Å². The highest BCUT2D eigenvalue weighted by molar-refractivity contribution is 8.04. The molecule has 0 radical (unpaired) electrons. The molecule has 3 aliphatic rings. The Bertz CT molecular complexity index is 1180. The lowest BCUT2D eigenvalue weighted by Gasteiger charge is -2.36. The molecule has 8 nitrogen and oxygen atoms in total. The predicted molar refractivity (Wildman–Crippen MR) is 113 cm³/mol. The first kappa shape index (κ1) is 19.5. The fraction of sp³-hybridized carbons (Fsp3) is 0.227. The van der Waals surface area contributed by atoms with Gasteiger partial charge in [0.25, 0.3) is 0 Å². The van der Waals surface area contributed by atoms with Gasteiger partial charge in [-0.15, -0.1) is 0 Å². The number of imide groups is 1. The van der Waals surface area contributed by atoms with Crippen LogP contribution in [-0.2, 0) is 14.4 Å². The minimum absolute atomic E-state index is 0.209. The van der Waals surface area contributed by atoms with Crippen molar-refractivity contribution < 1.29 is 28.6 Å². The number of hydrogen-bond donors (Lipinski definition) is 1. The van der Waals surface area contributed by atoms with Crippen LogP contribution in [0.15, 0.2) is 53.1 Å². The van der Waals surface area contributed by atoms with E-state index in [4.69, 9.17) is 19.9 Å². The number of benzene rings is 2. The maximum Gasteiger partial charge on any atom is 0.342 e. The summed E-state index contributed by atoms with van der Waals surface area (Å²) in [5.41, 5.74) is 7.47. The van der Waals surface area contributed by atoms with E-state index >= 15 is 0 Å². The van der Waals surface area contributed by atoms with Crippen molar-refractivity contribution in [2.75, 3.05) is 19.1 Å². The molecule has 0 aliphatic carbocycles. The smallest absolute Gasteiger partial charge is 0.342 e. The first-order valence-corrected chi connectivity index (χ1v) is 10.4. The zero-order valence-electron chi connectivity index (χ0n) is 16.7. The molecule has 158 valence electrons. The standard InChI is InChI=1S/C22H18N2O6S/c1-28-13-8-7-10(9-14(13)29-2)24-20(25)16-15-11-5-3-4-6-12(11)30-22(27)17(15)19(23)31-18(16)21(24)26/h3-9,15-16,18H,23H2,1-2H3/t15-,16-,18-/m0/s1. The van der Waals surface area contributed by atoms with E-state index in [0.29, 0.717) is 28.5 Å². The Balaban J connectivity index is 1.62. The number of methoxy groups -OCH3 is 2. The van der Waals surface area contributed by atoms with Crippen molar-refractivity contribution >= 4 is 35.2 Å². The highest BCUT2D eigenvalue weighted by Gasteiger charge is 2.58. The molecular weight excluding hydrogens is 420 g/mol. The van der Waals surface area contributed by atoms with Crippen molar-refractivity contribution in [2.24, 2.45) is 11.7 Å². The van der Waals surface area contributed by atoms with Crippen LogP contribution >= 0.6 is 11.8 Å². The normalized spacial score (nSPS) is 24.4. The van der Waals surface area contributed by atoms with Gasteiger partial charge < -0.3 is 19.9 Å². The third-order valence-electron chi connectivity index (χ3n) is 5.79. The molecule has 3 heterocycles. The number of amides is 2. The summed E-state index contributed by atoms with van der Waals surface area (Å²) in [4.78, 5) is 40.7. The van der Waals surface area contributed by atoms with Gasteiger partial charge in [-0.2, -0.15) is 0 Å². The van der Waals surface area contributed by atoms with Crippen LogP contribution in [0.1, 0.15) is 11.5 Å². The van der Waals surface area contributed by atoms with E-state index in [1.54, 1.807) is 42.5 Å². The molecular formula is C22H18N2O6S. The van der Waals surface area contributed by atoms with Gasteiger partial charge in [-0.25, -0.2) is 9.69 Å². The fourth-order valence-corrected chi connectivity index (χ4v) is 5.66. The maximum atomic E-state index is 13.6. The number of esters is 1. The molecule has 5 rings (SSSR count). The Kier molecular flexibility index (Phi) is 4.44. The fourth-order valence-electron chi connectivity index (χ4n) is 4.42. The van der Waals surface area contributed by atoms with E-state index in [1.165, 1.54) is 14.2 Å². The Morgan fingerprint density at radius 3 is 2.48 bits per heavy atom. The molecule has 0 saturated carbocycles. The minimum atomic E-state index is -0.776. The largest absolute Gasteiger partial charge is 0.493 e. The van der Waals surface area contributed by atoms with Gasteiger partial charge in [-0.1, -0.05) is 30.0 Å². The number of rotatable bonds is 3. The lowest BCUT2D eigenvalue weighted by Crippen LogP contribution is -2.39. The summed E-state index contributed by atoms with van der Waals surface area (Å²) in [5, 5.41) is -0.533. The third kappa shape index (κ3) is 2.73. The number of hydrogen-bond acceptors (Lipinski definition) is 8. The van der Waals surface area contributed by atoms with Gasteiger partial charge in [0.1, 0.15) is 11.0 Å². The van der Waals surface area contributed by atoms with Gasteiger partial charge >= 0.3 is 5.97 Å². The summed E-state index contributed by atoms with van der Waals surface area (Å²) < 4.78 is 16.0. The summed E-state index contributed by atoms with van der Waals surface area (Å²) in [6.45, 7) is 0. The third-order valence-corrected chi connectivity index (χ3v) is 7.01. The van der Waals surface area contributed by atoms with Gasteiger partial charge in [-0.05, 0) is 18.2 Å². The maximum absolute atomic E-state index is 13.6. The van der Waals surface area contributed by atoms with Gasteiger partial charge in [0.2, 0.25) is 11.8 Å². The van der Waals surface area contributed by atoms with E-state index in [1.807, 2.05) is 0 Å². The van der Waals surface area contributed by atoms with Gasteiger partial charge in [0, 0.05) is 17.5 Å². The number of thioether (sulfide) groups is 1. The first-order chi connectivity index (χ1) is 15.0. The number of fused-ring (bicyclic) bond motifs is 5. The zero-order chi connectivity index (χ0) is 21.9. The summed E-state index contributed by atoms with van der Waals surface area (Å²) in [6.07, 6.45) is 0. The monoisotopic (exact) mass is 438 g/mol. The second kappa shape index (κ2) is 7.05. The summed E-state index contributed by atoms with van der Waals surface area (Å²) in [7, 11) is 2.98. The van der Waals surface area contributed by atoms with Crippen LogP contribution in [0.5, 0.6) is 17.2 Å². The van der Waals surface area contributed by atoms with Crippen molar-refractivity contribution in [3.63, 3.8) is 0 Å². The van der Waals surface area contributed by atoms with Crippen LogP contribution < -0.4 is 24.8 Å². The van der Waals surface area contributed by atoms with Crippen molar-refractivity contribution in [3.05, 3.63) is 58.6 Å². The lowest BCUT2D eigenvalue weighted by molar-refractivity contribution is -0.131. The number of ether oxygens (including phenoxy) is 3. The predicted octanol–water partition coefficient (Wildman–Crippen LogP) is 2.18. The lowest BCUT2D eigenvalue weighted by atomic mass is 9.77. The Labute approximate surface area is 181 Å². The van der Waals surface area contributed by atoms with E-state index in [-0.39, 0.29) is 16.5 Å². The molecule has 0 unspecified atom stereocenters. The average Bonchev–Trinajstić information content (AvgIpc) is 3.02. The summed E-state index contributed by atoms with van der Waals surface area (Å²) in [6, 6.07) is 11.9. The number of anilines is 1. The highest BCUT2D eigenvalue weighted by Crippen LogP contribution is 2.54. The quantitative estimate of drug-likeness (QED) is 0.441. The van der Waals surface area contributed by atoms with Crippen LogP contribution in [0.25, 0.3) is 0 Å². The molecule has 1 fully saturated rings. The molecule has 3 atom stereocenters. The zero-order valence-corrected chi connectivity index (χ0v) is 17.5. The molecule has 31 heavy (non-hydrogen) atoms. The van der Waals surface area contributed by atoms with E-state index in [2.05, 4.69) is 0 Å². The summed E-state index contributed by atoms with van der Waals surface area (Å²) >= 11 is 1.04. The molecule has 2 amide bonds. The van der Waals surface area contributed by atoms with Crippen LogP contribution in [0.3, 0.4) is 0 Å². The molecule has 9 heteroatoms. The second-order valence-electron chi connectivity index (χ2n) is 7.30. The molecule has 0 bridgehead atoms. The topological polar surface area (TPSA) is 108 Å². The SMILES string of the molecule is COc1ccc(N2C(=O)[C@@H]3[C@H](SC(N)=C4C(=O)Oc5ccccc5[C@H]43)C2=O)cc1OC. The number of nitrogens with zero attached hydrogens (tertiary/aromatic N) is 1. The number of carbonyl (C=O) groups excluding carboxylic acids is 3. The molecule has 2 aromatic carbocycles. The highest BCUT2D eigenvalue weighted by atomic mass is 32.2. The van der Waals surface area contributed by atoms with Crippen molar-refractivity contribution in [3.8, 4) is 17.2 Å². The van der Waals surface area contributed by atoms with Crippen LogP contribution in [0, 0.1) is 5.92 Å². The van der Waals surface area contributed by atoms with Gasteiger partial charge in [0.05, 0.1) is 36.4 Å². The molecule has 2 aromatic rings. The van der Waals surface area contributed by atoms with Crippen molar-refractivity contribution in [1.29, 1.82) is 0 Å². The Hall–Kier alpha value is -3.46. The van der Waals surface area contributed by atoms with E-state index < -0.39 is 29.0 Å². The van der Waals surface area contributed by atoms with Crippen LogP contribution in [0.2, 0.25) is 0 Å². The molecule has 0 aromatic heterocycles. The number of para-hydroxylation sites is 1. The average molecular weight is 438 g/mol. The van der Waals surface area contributed by atoms with Crippen LogP contribution in [-0.4, -0.2) is 37.3 Å². The Morgan fingerprint density at radius 2 is 1.74 bits per heavy atom. The number of nitrogens with two attached hydrogens (primary N) is 1. The minimum Gasteiger partial charge on any atom is -0.493 e. The Morgan fingerprint density at radius 1 is 1.00 bits per heavy atom. The van der Waals surface area contributed by atoms with Crippen molar-refractivity contribution in [2.45, 2.75) is 11.2 Å². The van der Waals surface area contributed by atoms with E-state index in [0.717, 1.165) is 16.7 Å². The number of carbonyl (C=O) groups is 3. The second-order valence-corrected chi connectivity index (χ2v) is 8.48. The van der Waals surface area contributed by atoms with Gasteiger partial charge in [-0.3, -0.25) is 9.59 Å². The van der Waals surface area contributed by atoms with Crippen LogP contribution in [0.4, 0.5) is 5.69 Å². The van der Waals surface area contributed by atoms with E-state index in [9.17, 15) is 14.4 Å². The molecule has 1 saturated heterocycles. The first-order valence-electron chi connectivity index (χ1n) is 9.53.